The maximum Gasteiger partial charge on any atom is 0.258 e. The number of para-hydroxylation sites is 1. The van der Waals surface area contributed by atoms with Gasteiger partial charge in [0.2, 0.25) is 5.95 Å². The van der Waals surface area contributed by atoms with Gasteiger partial charge >= 0.3 is 0 Å². The fourth-order valence-electron chi connectivity index (χ4n) is 2.41. The minimum Gasteiger partial charge on any atom is -0.354 e. The van der Waals surface area contributed by atoms with Crippen molar-refractivity contribution in [1.29, 1.82) is 0 Å². The first-order valence-corrected chi connectivity index (χ1v) is 8.19. The number of anilines is 2. The van der Waals surface area contributed by atoms with Crippen LogP contribution in [0.1, 0.15) is 21.5 Å². The van der Waals surface area contributed by atoms with Gasteiger partial charge in [-0.3, -0.25) is 4.79 Å². The van der Waals surface area contributed by atoms with Gasteiger partial charge in [0.1, 0.15) is 0 Å². The highest BCUT2D eigenvalue weighted by atomic mass is 16.1. The zero-order chi connectivity index (χ0) is 17.5. The van der Waals surface area contributed by atoms with Crippen molar-refractivity contribution in [3.05, 3.63) is 83.7 Å². The predicted octanol–water partition coefficient (Wildman–Crippen LogP) is 3.69. The molecule has 1 heterocycles. The van der Waals surface area contributed by atoms with Gasteiger partial charge in [-0.25, -0.2) is 9.97 Å². The highest BCUT2D eigenvalue weighted by Gasteiger charge is 2.08. The lowest BCUT2D eigenvalue weighted by atomic mass is 10.1. The van der Waals surface area contributed by atoms with Crippen LogP contribution in [0.15, 0.2) is 67.0 Å². The Bertz CT molecular complexity index is 832. The van der Waals surface area contributed by atoms with E-state index in [9.17, 15) is 4.79 Å². The number of aromatic nitrogens is 2. The molecule has 1 amide bonds. The molecule has 0 spiro atoms. The Kier molecular flexibility index (Phi) is 5.36. The molecule has 0 saturated carbocycles. The summed E-state index contributed by atoms with van der Waals surface area (Å²) in [5.74, 6) is 0.300. The normalized spacial score (nSPS) is 10.3. The first-order valence-electron chi connectivity index (χ1n) is 8.19. The van der Waals surface area contributed by atoms with E-state index in [0.29, 0.717) is 11.5 Å². The topological polar surface area (TPSA) is 66.9 Å². The monoisotopic (exact) mass is 332 g/mol. The zero-order valence-corrected chi connectivity index (χ0v) is 14.1. The van der Waals surface area contributed by atoms with E-state index < -0.39 is 0 Å². The van der Waals surface area contributed by atoms with Crippen LogP contribution in [0.4, 0.5) is 11.6 Å². The average molecular weight is 332 g/mol. The van der Waals surface area contributed by atoms with Crippen molar-refractivity contribution in [3.63, 3.8) is 0 Å². The van der Waals surface area contributed by atoms with Gasteiger partial charge in [-0.15, -0.1) is 0 Å². The summed E-state index contributed by atoms with van der Waals surface area (Å²) < 4.78 is 0. The standard InChI is InChI=1S/C20H20N4O/c1-15-7-5-6-10-18(15)24-19(25)17-13-22-20(23-14-17)21-12-11-16-8-3-2-4-9-16/h2-10,13-14H,11-12H2,1H3,(H,24,25)(H,21,22,23). The molecule has 2 N–H and O–H groups in total. The van der Waals surface area contributed by atoms with Gasteiger partial charge in [0.05, 0.1) is 5.56 Å². The molecular formula is C20H20N4O. The number of benzene rings is 2. The smallest absolute Gasteiger partial charge is 0.258 e. The molecule has 1 aromatic heterocycles. The van der Waals surface area contributed by atoms with Gasteiger partial charge in [-0.05, 0) is 30.5 Å². The third-order valence-electron chi connectivity index (χ3n) is 3.85. The van der Waals surface area contributed by atoms with Crippen LogP contribution in [-0.4, -0.2) is 22.4 Å². The van der Waals surface area contributed by atoms with Crippen molar-refractivity contribution in [2.24, 2.45) is 0 Å². The molecule has 3 aromatic rings. The molecule has 25 heavy (non-hydrogen) atoms. The molecule has 0 bridgehead atoms. The average Bonchev–Trinajstić information content (AvgIpc) is 2.65. The van der Waals surface area contributed by atoms with Crippen LogP contribution in [0.25, 0.3) is 0 Å². The van der Waals surface area contributed by atoms with E-state index in [4.69, 9.17) is 0 Å². The molecule has 0 unspecified atom stereocenters. The van der Waals surface area contributed by atoms with Gasteiger partial charge in [0, 0.05) is 24.6 Å². The molecule has 2 aromatic carbocycles. The SMILES string of the molecule is Cc1ccccc1NC(=O)c1cnc(NCCc2ccccc2)nc1. The van der Waals surface area contributed by atoms with E-state index in [1.54, 1.807) is 0 Å². The second-order valence-electron chi connectivity index (χ2n) is 5.73. The van der Waals surface area contributed by atoms with Gasteiger partial charge in [-0.2, -0.15) is 0 Å². The Morgan fingerprint density at radius 2 is 1.64 bits per heavy atom. The van der Waals surface area contributed by atoms with Crippen molar-refractivity contribution in [1.82, 2.24) is 9.97 Å². The molecule has 126 valence electrons. The van der Waals surface area contributed by atoms with E-state index in [0.717, 1.165) is 24.2 Å². The molecule has 0 aliphatic rings. The van der Waals surface area contributed by atoms with E-state index in [1.165, 1.54) is 18.0 Å². The summed E-state index contributed by atoms with van der Waals surface area (Å²) in [6, 6.07) is 17.9. The summed E-state index contributed by atoms with van der Waals surface area (Å²) >= 11 is 0. The number of hydrogen-bond acceptors (Lipinski definition) is 4. The molecule has 5 heteroatoms. The van der Waals surface area contributed by atoms with Crippen LogP contribution in [0.2, 0.25) is 0 Å². The fraction of sp³-hybridized carbons (Fsp3) is 0.150. The van der Waals surface area contributed by atoms with E-state index in [1.807, 2.05) is 49.4 Å². The Hall–Kier alpha value is -3.21. The summed E-state index contributed by atoms with van der Waals surface area (Å²) in [5, 5.41) is 6.04. The Morgan fingerprint density at radius 1 is 0.960 bits per heavy atom. The summed E-state index contributed by atoms with van der Waals surface area (Å²) in [7, 11) is 0. The lowest BCUT2D eigenvalue weighted by Gasteiger charge is -2.08. The first-order chi connectivity index (χ1) is 12.2. The molecule has 0 aliphatic carbocycles. The second-order valence-corrected chi connectivity index (χ2v) is 5.73. The van der Waals surface area contributed by atoms with Gasteiger partial charge in [-0.1, -0.05) is 48.5 Å². The summed E-state index contributed by atoms with van der Waals surface area (Å²) in [4.78, 5) is 20.7. The van der Waals surface area contributed by atoms with Crippen LogP contribution in [0.3, 0.4) is 0 Å². The lowest BCUT2D eigenvalue weighted by molar-refractivity contribution is 0.102. The molecule has 0 atom stereocenters. The molecular weight excluding hydrogens is 312 g/mol. The molecule has 3 rings (SSSR count). The number of carbonyl (C=O) groups is 1. The highest BCUT2D eigenvalue weighted by Crippen LogP contribution is 2.14. The number of nitrogens with one attached hydrogen (secondary N) is 2. The third-order valence-corrected chi connectivity index (χ3v) is 3.85. The van der Waals surface area contributed by atoms with Crippen LogP contribution >= 0.6 is 0 Å². The predicted molar refractivity (Wildman–Crippen MR) is 99.8 cm³/mol. The van der Waals surface area contributed by atoms with Crippen molar-refractivity contribution >= 4 is 17.5 Å². The lowest BCUT2D eigenvalue weighted by Crippen LogP contribution is -2.14. The van der Waals surface area contributed by atoms with Crippen molar-refractivity contribution in [2.75, 3.05) is 17.2 Å². The van der Waals surface area contributed by atoms with Gasteiger partial charge in [0.15, 0.2) is 0 Å². The highest BCUT2D eigenvalue weighted by molar-refractivity contribution is 6.04. The van der Waals surface area contributed by atoms with Crippen LogP contribution in [0.5, 0.6) is 0 Å². The maximum absolute atomic E-state index is 12.3. The molecule has 0 fully saturated rings. The number of hydrogen-bond donors (Lipinski definition) is 2. The third kappa shape index (κ3) is 4.64. The maximum atomic E-state index is 12.3. The van der Waals surface area contributed by atoms with Crippen molar-refractivity contribution < 1.29 is 4.79 Å². The summed E-state index contributed by atoms with van der Waals surface area (Å²) in [5.41, 5.74) is 3.48. The Morgan fingerprint density at radius 3 is 2.36 bits per heavy atom. The first kappa shape index (κ1) is 16.6. The molecule has 0 saturated heterocycles. The second kappa shape index (κ2) is 8.06. The van der Waals surface area contributed by atoms with Crippen LogP contribution < -0.4 is 10.6 Å². The number of carbonyl (C=O) groups excluding carboxylic acids is 1. The van der Waals surface area contributed by atoms with E-state index in [-0.39, 0.29) is 5.91 Å². The van der Waals surface area contributed by atoms with Crippen molar-refractivity contribution in [2.45, 2.75) is 13.3 Å². The minimum absolute atomic E-state index is 0.217. The fourth-order valence-corrected chi connectivity index (χ4v) is 2.41. The minimum atomic E-state index is -0.217. The zero-order valence-electron chi connectivity index (χ0n) is 14.1. The van der Waals surface area contributed by atoms with Crippen LogP contribution in [-0.2, 0) is 6.42 Å². The molecule has 0 aliphatic heterocycles. The number of rotatable bonds is 6. The number of aryl methyl sites for hydroxylation is 1. The van der Waals surface area contributed by atoms with Gasteiger partial charge in [0.25, 0.3) is 5.91 Å². The van der Waals surface area contributed by atoms with Gasteiger partial charge < -0.3 is 10.6 Å². The Labute approximate surface area is 147 Å². The molecule has 5 nitrogen and oxygen atoms in total. The van der Waals surface area contributed by atoms with E-state index in [2.05, 4.69) is 32.7 Å². The van der Waals surface area contributed by atoms with Crippen LogP contribution in [0, 0.1) is 6.92 Å². The molecule has 0 radical (unpaired) electrons. The largest absolute Gasteiger partial charge is 0.354 e. The quantitative estimate of drug-likeness (QED) is 0.722. The van der Waals surface area contributed by atoms with Crippen molar-refractivity contribution in [3.8, 4) is 0 Å². The summed E-state index contributed by atoms with van der Waals surface area (Å²) in [6.45, 7) is 2.69. The van der Waals surface area contributed by atoms with E-state index >= 15 is 0 Å². The summed E-state index contributed by atoms with van der Waals surface area (Å²) in [6.07, 6.45) is 3.95. The number of amides is 1. The Balaban J connectivity index is 1.54. The number of nitrogens with zero attached hydrogens (tertiary/aromatic N) is 2.